The largest absolute Gasteiger partial charge is 0.329 e. The third-order valence-electron chi connectivity index (χ3n) is 4.41. The zero-order valence-electron chi connectivity index (χ0n) is 16.1. The van der Waals surface area contributed by atoms with E-state index in [1.807, 2.05) is 48.3 Å². The molecule has 0 bridgehead atoms. The van der Waals surface area contributed by atoms with Crippen LogP contribution in [-0.4, -0.2) is 22.9 Å². The van der Waals surface area contributed by atoms with Crippen molar-refractivity contribution in [3.63, 3.8) is 0 Å². The fraction of sp³-hybridized carbons (Fsp3) is 0.227. The van der Waals surface area contributed by atoms with Crippen molar-refractivity contribution in [1.82, 2.24) is 9.97 Å². The van der Waals surface area contributed by atoms with Gasteiger partial charge in [0.15, 0.2) is 0 Å². The van der Waals surface area contributed by atoms with E-state index in [2.05, 4.69) is 36.1 Å². The first kappa shape index (κ1) is 18.6. The summed E-state index contributed by atoms with van der Waals surface area (Å²) >= 11 is 0. The van der Waals surface area contributed by atoms with Gasteiger partial charge in [-0.05, 0) is 47.4 Å². The summed E-state index contributed by atoms with van der Waals surface area (Å²) in [4.78, 5) is 23.2. The molecule has 1 aromatic carbocycles. The quantitative estimate of drug-likeness (QED) is 0.726. The van der Waals surface area contributed by atoms with Crippen LogP contribution in [0.3, 0.4) is 0 Å². The summed E-state index contributed by atoms with van der Waals surface area (Å²) in [6.07, 6.45) is 5.11. The molecule has 5 heteroatoms. The number of aromatic nitrogens is 2. The number of carbonyl (C=O) groups excluding carboxylic acids is 1. The lowest BCUT2D eigenvalue weighted by Gasteiger charge is -2.21. The van der Waals surface area contributed by atoms with Gasteiger partial charge in [-0.25, -0.2) is 4.98 Å². The second-order valence-electron chi connectivity index (χ2n) is 7.42. The monoisotopic (exact) mass is 360 g/mol. The van der Waals surface area contributed by atoms with Crippen LogP contribution in [0, 0.1) is 0 Å². The highest BCUT2D eigenvalue weighted by molar-refractivity contribution is 6.07. The lowest BCUT2D eigenvalue weighted by Crippen LogP contribution is -2.19. The fourth-order valence-electron chi connectivity index (χ4n) is 2.78. The Balaban J connectivity index is 1.83. The molecule has 138 valence electrons. The minimum absolute atomic E-state index is 0.0757. The van der Waals surface area contributed by atoms with Gasteiger partial charge in [0, 0.05) is 37.0 Å². The van der Waals surface area contributed by atoms with Crippen LogP contribution in [0.25, 0.3) is 0 Å². The summed E-state index contributed by atoms with van der Waals surface area (Å²) in [5, 5.41) is 2.97. The molecule has 0 aliphatic rings. The van der Waals surface area contributed by atoms with Gasteiger partial charge >= 0.3 is 0 Å². The molecule has 0 atom stereocenters. The number of nitrogens with one attached hydrogen (secondary N) is 1. The molecule has 2 heterocycles. The molecule has 0 aliphatic heterocycles. The Morgan fingerprint density at radius 1 is 0.963 bits per heavy atom. The van der Waals surface area contributed by atoms with Crippen LogP contribution in [0.4, 0.5) is 17.2 Å². The molecule has 3 aromatic rings. The van der Waals surface area contributed by atoms with Crippen LogP contribution in [0.2, 0.25) is 0 Å². The van der Waals surface area contributed by atoms with Crippen LogP contribution in [0.5, 0.6) is 0 Å². The van der Waals surface area contributed by atoms with Gasteiger partial charge in [-0.15, -0.1) is 0 Å². The third kappa shape index (κ3) is 4.31. The summed E-state index contributed by atoms with van der Waals surface area (Å²) in [6, 6.07) is 15.2. The van der Waals surface area contributed by atoms with Gasteiger partial charge in [-0.2, -0.15) is 0 Å². The third-order valence-corrected chi connectivity index (χ3v) is 4.41. The minimum Gasteiger partial charge on any atom is -0.329 e. The van der Waals surface area contributed by atoms with E-state index in [0.717, 1.165) is 11.4 Å². The van der Waals surface area contributed by atoms with E-state index < -0.39 is 0 Å². The Morgan fingerprint density at radius 2 is 1.63 bits per heavy atom. The van der Waals surface area contributed by atoms with Crippen LogP contribution in [0.1, 0.15) is 36.7 Å². The Morgan fingerprint density at radius 3 is 2.26 bits per heavy atom. The molecule has 5 nitrogen and oxygen atoms in total. The first-order valence-corrected chi connectivity index (χ1v) is 8.87. The van der Waals surface area contributed by atoms with Crippen molar-refractivity contribution in [2.24, 2.45) is 0 Å². The van der Waals surface area contributed by atoms with E-state index in [1.165, 1.54) is 5.56 Å². The Kier molecular flexibility index (Phi) is 5.21. The number of amides is 1. The molecule has 0 saturated heterocycles. The van der Waals surface area contributed by atoms with Crippen LogP contribution < -0.4 is 10.2 Å². The number of hydrogen-bond donors (Lipinski definition) is 1. The molecule has 0 unspecified atom stereocenters. The van der Waals surface area contributed by atoms with Crippen LogP contribution in [-0.2, 0) is 5.41 Å². The van der Waals surface area contributed by atoms with Crippen molar-refractivity contribution in [2.75, 3.05) is 17.3 Å². The molecule has 0 radical (unpaired) electrons. The number of rotatable bonds is 4. The lowest BCUT2D eigenvalue weighted by atomic mass is 9.87. The highest BCUT2D eigenvalue weighted by Gasteiger charge is 2.17. The smallest absolute Gasteiger partial charge is 0.259 e. The van der Waals surface area contributed by atoms with Gasteiger partial charge in [0.2, 0.25) is 0 Å². The van der Waals surface area contributed by atoms with Gasteiger partial charge < -0.3 is 10.2 Å². The zero-order valence-corrected chi connectivity index (χ0v) is 16.1. The molecule has 0 fully saturated rings. The number of hydrogen-bond acceptors (Lipinski definition) is 4. The number of benzene rings is 1. The number of carbonyl (C=O) groups is 1. The Hall–Kier alpha value is -3.21. The van der Waals surface area contributed by atoms with E-state index in [0.29, 0.717) is 11.4 Å². The first-order chi connectivity index (χ1) is 12.9. The molecule has 1 amide bonds. The first-order valence-electron chi connectivity index (χ1n) is 8.87. The van der Waals surface area contributed by atoms with Crippen LogP contribution in [0.15, 0.2) is 67.1 Å². The van der Waals surface area contributed by atoms with Crippen molar-refractivity contribution in [3.05, 3.63) is 78.2 Å². The van der Waals surface area contributed by atoms with Crippen molar-refractivity contribution in [1.29, 1.82) is 0 Å². The molecule has 0 spiro atoms. The molecule has 0 aliphatic carbocycles. The molecular formula is C22H24N4O. The van der Waals surface area contributed by atoms with E-state index in [9.17, 15) is 4.79 Å². The Labute approximate surface area is 160 Å². The second kappa shape index (κ2) is 7.58. The highest BCUT2D eigenvalue weighted by atomic mass is 16.1. The molecule has 0 saturated carbocycles. The fourth-order valence-corrected chi connectivity index (χ4v) is 2.78. The summed E-state index contributed by atoms with van der Waals surface area (Å²) in [5.74, 6) is 0.398. The topological polar surface area (TPSA) is 58.1 Å². The summed E-state index contributed by atoms with van der Waals surface area (Å²) in [5.41, 5.74) is 3.48. The van der Waals surface area contributed by atoms with E-state index in [-0.39, 0.29) is 11.3 Å². The average Bonchev–Trinajstić information content (AvgIpc) is 2.68. The van der Waals surface area contributed by atoms with Gasteiger partial charge in [-0.3, -0.25) is 9.78 Å². The summed E-state index contributed by atoms with van der Waals surface area (Å²) < 4.78 is 0. The molecular weight excluding hydrogens is 336 g/mol. The standard InChI is InChI=1S/C22H24N4O/c1-22(2,3)16-7-9-17(10-8-16)25-21(27)19-6-5-13-24-20(19)26(4)18-11-14-23-15-12-18/h5-15H,1-4H3,(H,25,27). The SMILES string of the molecule is CN(c1ccncc1)c1ncccc1C(=O)Nc1ccc(C(C)(C)C)cc1. The summed E-state index contributed by atoms with van der Waals surface area (Å²) in [7, 11) is 1.88. The van der Waals surface area contributed by atoms with Crippen molar-refractivity contribution in [2.45, 2.75) is 26.2 Å². The normalized spacial score (nSPS) is 11.1. The summed E-state index contributed by atoms with van der Waals surface area (Å²) in [6.45, 7) is 6.49. The minimum atomic E-state index is -0.192. The van der Waals surface area contributed by atoms with Gasteiger partial charge in [0.05, 0.1) is 5.56 Å². The van der Waals surface area contributed by atoms with Gasteiger partial charge in [0.1, 0.15) is 5.82 Å². The molecule has 27 heavy (non-hydrogen) atoms. The Bertz CT molecular complexity index is 915. The van der Waals surface area contributed by atoms with E-state index in [1.54, 1.807) is 30.7 Å². The maximum atomic E-state index is 12.9. The highest BCUT2D eigenvalue weighted by Crippen LogP contribution is 2.26. The maximum Gasteiger partial charge on any atom is 0.259 e. The van der Waals surface area contributed by atoms with Crippen molar-refractivity contribution < 1.29 is 4.79 Å². The molecule has 1 N–H and O–H groups in total. The van der Waals surface area contributed by atoms with E-state index >= 15 is 0 Å². The van der Waals surface area contributed by atoms with Crippen molar-refractivity contribution >= 4 is 23.1 Å². The molecule has 2 aromatic heterocycles. The average molecular weight is 360 g/mol. The van der Waals surface area contributed by atoms with E-state index in [4.69, 9.17) is 0 Å². The number of pyridine rings is 2. The maximum absolute atomic E-state index is 12.9. The van der Waals surface area contributed by atoms with Gasteiger partial charge in [-0.1, -0.05) is 32.9 Å². The van der Waals surface area contributed by atoms with Crippen molar-refractivity contribution in [3.8, 4) is 0 Å². The molecule has 3 rings (SSSR count). The lowest BCUT2D eigenvalue weighted by molar-refractivity contribution is 0.102. The predicted octanol–water partition coefficient (Wildman–Crippen LogP) is 4.79. The van der Waals surface area contributed by atoms with Gasteiger partial charge in [0.25, 0.3) is 5.91 Å². The second-order valence-corrected chi connectivity index (χ2v) is 7.42. The van der Waals surface area contributed by atoms with Crippen LogP contribution >= 0.6 is 0 Å². The zero-order chi connectivity index (χ0) is 19.4. The number of nitrogens with zero attached hydrogens (tertiary/aromatic N) is 3. The predicted molar refractivity (Wildman–Crippen MR) is 110 cm³/mol. The number of anilines is 3.